The number of hydrogen-bond acceptors (Lipinski definition) is 2. The summed E-state index contributed by atoms with van der Waals surface area (Å²) in [4.78, 5) is 26.3. The van der Waals surface area contributed by atoms with Crippen molar-refractivity contribution in [2.45, 2.75) is 45.1 Å². The molecule has 5 nitrogen and oxygen atoms in total. The lowest BCUT2D eigenvalue weighted by Crippen LogP contribution is -2.26. The number of aromatic amines is 1. The summed E-state index contributed by atoms with van der Waals surface area (Å²) in [7, 11) is 0. The van der Waals surface area contributed by atoms with Crippen LogP contribution >= 0.6 is 0 Å². The number of imidazole rings is 1. The first-order chi connectivity index (χ1) is 10.1. The summed E-state index contributed by atoms with van der Waals surface area (Å²) >= 11 is 0. The number of carboxylic acid groups (broad SMARTS) is 1. The number of rotatable bonds is 2. The molecule has 2 N–H and O–H groups in total. The third-order valence-corrected chi connectivity index (χ3v) is 4.61. The van der Waals surface area contributed by atoms with Crippen LogP contribution in [0, 0.1) is 5.92 Å². The highest BCUT2D eigenvalue weighted by Gasteiger charge is 2.25. The van der Waals surface area contributed by atoms with Gasteiger partial charge in [0.15, 0.2) is 0 Å². The fraction of sp³-hybridized carbons (Fsp3) is 0.500. The van der Waals surface area contributed by atoms with Gasteiger partial charge in [0, 0.05) is 6.04 Å². The summed E-state index contributed by atoms with van der Waals surface area (Å²) < 4.78 is 1.78. The van der Waals surface area contributed by atoms with Gasteiger partial charge in [0.2, 0.25) is 0 Å². The van der Waals surface area contributed by atoms with Crippen LogP contribution in [-0.4, -0.2) is 20.6 Å². The third kappa shape index (κ3) is 2.48. The molecule has 112 valence electrons. The van der Waals surface area contributed by atoms with Crippen molar-refractivity contribution in [2.75, 3.05) is 0 Å². The third-order valence-electron chi connectivity index (χ3n) is 4.61. The second-order valence-corrected chi connectivity index (χ2v) is 6.02. The molecule has 0 amide bonds. The van der Waals surface area contributed by atoms with Gasteiger partial charge in [-0.05, 0) is 37.0 Å². The van der Waals surface area contributed by atoms with E-state index >= 15 is 0 Å². The Balaban J connectivity index is 2.15. The van der Waals surface area contributed by atoms with Gasteiger partial charge in [-0.2, -0.15) is 0 Å². The predicted molar refractivity (Wildman–Crippen MR) is 80.8 cm³/mol. The van der Waals surface area contributed by atoms with E-state index in [1.807, 2.05) is 0 Å². The maximum atomic E-state index is 12.3. The number of nitrogens with zero attached hydrogens (tertiary/aromatic N) is 1. The first-order valence-corrected chi connectivity index (χ1v) is 7.55. The van der Waals surface area contributed by atoms with E-state index in [9.17, 15) is 9.59 Å². The molecule has 1 aromatic heterocycles. The molecule has 1 saturated carbocycles. The predicted octanol–water partition coefficient (Wildman–Crippen LogP) is 3.17. The molecule has 3 rings (SSSR count). The van der Waals surface area contributed by atoms with Gasteiger partial charge in [-0.1, -0.05) is 26.2 Å². The maximum Gasteiger partial charge on any atom is 0.335 e. The first-order valence-electron chi connectivity index (χ1n) is 7.55. The smallest absolute Gasteiger partial charge is 0.335 e. The minimum atomic E-state index is -0.967. The Hall–Kier alpha value is -2.04. The zero-order valence-corrected chi connectivity index (χ0v) is 12.1. The second kappa shape index (κ2) is 5.39. The monoisotopic (exact) mass is 288 g/mol. The van der Waals surface area contributed by atoms with Crippen molar-refractivity contribution in [3.63, 3.8) is 0 Å². The van der Waals surface area contributed by atoms with E-state index in [-0.39, 0.29) is 17.3 Å². The molecule has 1 heterocycles. The molecule has 1 fully saturated rings. The van der Waals surface area contributed by atoms with Crippen LogP contribution in [0.1, 0.15) is 55.4 Å². The Morgan fingerprint density at radius 2 is 2.05 bits per heavy atom. The van der Waals surface area contributed by atoms with Crippen molar-refractivity contribution in [3.05, 3.63) is 34.2 Å². The van der Waals surface area contributed by atoms with Crippen LogP contribution in [-0.2, 0) is 0 Å². The zero-order valence-electron chi connectivity index (χ0n) is 12.1. The van der Waals surface area contributed by atoms with E-state index in [1.165, 1.54) is 18.9 Å². The molecule has 1 aromatic carbocycles. The fourth-order valence-electron chi connectivity index (χ4n) is 3.44. The van der Waals surface area contributed by atoms with Gasteiger partial charge in [0.05, 0.1) is 16.6 Å². The van der Waals surface area contributed by atoms with Crippen LogP contribution in [0.5, 0.6) is 0 Å². The minimum absolute atomic E-state index is 0.133. The summed E-state index contributed by atoms with van der Waals surface area (Å²) in [5.41, 5.74) is 1.50. The molecule has 1 aliphatic carbocycles. The second-order valence-electron chi connectivity index (χ2n) is 6.02. The summed E-state index contributed by atoms with van der Waals surface area (Å²) in [5.74, 6) is -0.538. The molecule has 0 spiro atoms. The van der Waals surface area contributed by atoms with Crippen LogP contribution in [0.15, 0.2) is 23.0 Å². The number of aromatic nitrogens is 2. The van der Waals surface area contributed by atoms with Crippen LogP contribution in [0.25, 0.3) is 11.0 Å². The maximum absolute atomic E-state index is 12.3. The number of fused-ring (bicyclic) bond motifs is 1. The van der Waals surface area contributed by atoms with Crippen molar-refractivity contribution in [1.82, 2.24) is 9.55 Å². The molecule has 2 atom stereocenters. The Morgan fingerprint density at radius 1 is 1.29 bits per heavy atom. The van der Waals surface area contributed by atoms with Crippen LogP contribution in [0.2, 0.25) is 0 Å². The molecule has 0 aliphatic heterocycles. The van der Waals surface area contributed by atoms with Crippen molar-refractivity contribution < 1.29 is 9.90 Å². The Bertz CT molecular complexity index is 729. The van der Waals surface area contributed by atoms with E-state index in [0.29, 0.717) is 17.0 Å². The summed E-state index contributed by atoms with van der Waals surface area (Å²) in [6, 6.07) is 4.96. The normalized spacial score (nSPS) is 23.1. The van der Waals surface area contributed by atoms with Gasteiger partial charge in [0.1, 0.15) is 0 Å². The summed E-state index contributed by atoms with van der Waals surface area (Å²) in [6.45, 7) is 2.18. The van der Waals surface area contributed by atoms with Crippen LogP contribution in [0.4, 0.5) is 0 Å². The molecule has 5 heteroatoms. The van der Waals surface area contributed by atoms with Crippen molar-refractivity contribution >= 4 is 17.0 Å². The highest BCUT2D eigenvalue weighted by atomic mass is 16.4. The molecule has 1 aliphatic rings. The Morgan fingerprint density at radius 3 is 2.81 bits per heavy atom. The number of aromatic carboxylic acids is 1. The quantitative estimate of drug-likeness (QED) is 0.833. The molecule has 0 bridgehead atoms. The van der Waals surface area contributed by atoms with Crippen LogP contribution in [0.3, 0.4) is 0 Å². The topological polar surface area (TPSA) is 75.1 Å². The van der Waals surface area contributed by atoms with Crippen molar-refractivity contribution in [3.8, 4) is 0 Å². The van der Waals surface area contributed by atoms with E-state index in [0.717, 1.165) is 19.3 Å². The number of carboxylic acids is 1. The molecule has 0 radical (unpaired) electrons. The molecule has 21 heavy (non-hydrogen) atoms. The molecular formula is C16H20N2O3. The summed E-state index contributed by atoms with van der Waals surface area (Å²) in [5, 5.41) is 9.15. The van der Waals surface area contributed by atoms with Gasteiger partial charge >= 0.3 is 11.7 Å². The highest BCUT2D eigenvalue weighted by Crippen LogP contribution is 2.33. The van der Waals surface area contributed by atoms with E-state index in [1.54, 1.807) is 16.7 Å². The molecule has 2 unspecified atom stereocenters. The van der Waals surface area contributed by atoms with Gasteiger partial charge in [-0.3, -0.25) is 4.57 Å². The fourth-order valence-corrected chi connectivity index (χ4v) is 3.44. The lowest BCUT2D eigenvalue weighted by Gasteiger charge is -2.23. The average molecular weight is 288 g/mol. The molecule has 2 aromatic rings. The van der Waals surface area contributed by atoms with E-state index in [4.69, 9.17) is 5.11 Å². The lowest BCUT2D eigenvalue weighted by molar-refractivity contribution is 0.0697. The van der Waals surface area contributed by atoms with Gasteiger partial charge in [-0.25, -0.2) is 9.59 Å². The zero-order chi connectivity index (χ0) is 15.0. The first kappa shape index (κ1) is 13.9. The van der Waals surface area contributed by atoms with Gasteiger partial charge in [0.25, 0.3) is 0 Å². The summed E-state index contributed by atoms with van der Waals surface area (Å²) in [6.07, 6.45) is 5.62. The van der Waals surface area contributed by atoms with Gasteiger partial charge in [-0.15, -0.1) is 0 Å². The van der Waals surface area contributed by atoms with Crippen LogP contribution < -0.4 is 5.69 Å². The number of benzene rings is 1. The number of nitrogens with one attached hydrogen (secondary N) is 1. The molecular weight excluding hydrogens is 268 g/mol. The highest BCUT2D eigenvalue weighted by molar-refractivity contribution is 5.92. The van der Waals surface area contributed by atoms with Crippen molar-refractivity contribution in [1.29, 1.82) is 0 Å². The van der Waals surface area contributed by atoms with E-state index < -0.39 is 5.97 Å². The number of carbonyl (C=O) groups is 1. The van der Waals surface area contributed by atoms with Crippen molar-refractivity contribution in [2.24, 2.45) is 5.92 Å². The SMILES string of the molecule is CC1CCCCCC1n1c(=O)[nH]c2ccc(C(=O)O)cc21. The molecule has 0 saturated heterocycles. The van der Waals surface area contributed by atoms with Gasteiger partial charge < -0.3 is 10.1 Å². The minimum Gasteiger partial charge on any atom is -0.478 e. The Labute approximate surface area is 122 Å². The average Bonchev–Trinajstić information content (AvgIpc) is 2.62. The van der Waals surface area contributed by atoms with E-state index in [2.05, 4.69) is 11.9 Å². The Kier molecular flexibility index (Phi) is 3.57. The lowest BCUT2D eigenvalue weighted by atomic mass is 9.96. The largest absolute Gasteiger partial charge is 0.478 e. The standard InChI is InChI=1S/C16H20N2O3/c1-10-5-3-2-4-6-13(10)18-14-9-11(15(19)20)7-8-12(14)17-16(18)21/h7-10,13H,2-6H2,1H3,(H,17,21)(H,19,20). The number of H-pyrrole nitrogens is 1. The number of hydrogen-bond donors (Lipinski definition) is 2.